The van der Waals surface area contributed by atoms with Gasteiger partial charge in [-0.2, -0.15) is 0 Å². The van der Waals surface area contributed by atoms with Gasteiger partial charge in [0.2, 0.25) is 0 Å². The summed E-state index contributed by atoms with van der Waals surface area (Å²) in [5.74, 6) is -1.67. The normalized spacial score (nSPS) is 18.7. The summed E-state index contributed by atoms with van der Waals surface area (Å²) in [4.78, 5) is 0. The van der Waals surface area contributed by atoms with Crippen molar-refractivity contribution in [2.24, 2.45) is 0 Å². The summed E-state index contributed by atoms with van der Waals surface area (Å²) in [6, 6.07) is 41.7. The van der Waals surface area contributed by atoms with E-state index in [1.54, 1.807) is 24.8 Å². The van der Waals surface area contributed by atoms with Gasteiger partial charge in [0.1, 0.15) is 0 Å². The van der Waals surface area contributed by atoms with Gasteiger partial charge < -0.3 is 24.8 Å². The molecular weight excluding hydrogens is 698 g/mol. The van der Waals surface area contributed by atoms with E-state index in [0.29, 0.717) is 7.35 Å². The number of hydrogen-bond acceptors (Lipinski definition) is 0. The van der Waals surface area contributed by atoms with Crippen LogP contribution in [0.25, 0.3) is 12.2 Å². The molecule has 7 rings (SSSR count). The Balaban J connectivity index is 0.00000154. The van der Waals surface area contributed by atoms with E-state index in [4.69, 9.17) is 0 Å². The Labute approximate surface area is 249 Å². The maximum absolute atomic E-state index is 3.70. The Hall–Kier alpha value is -2.49. The minimum Gasteiger partial charge on any atom is -1.00 e. The quantitative estimate of drug-likeness (QED) is 0.261. The largest absolute Gasteiger partial charge is 1.00 e. The molecule has 0 spiro atoms. The molecule has 2 atom stereocenters. The summed E-state index contributed by atoms with van der Waals surface area (Å²) in [5, 5.41) is 3.22. The first-order valence-electron chi connectivity index (χ1n) is 13.4. The second kappa shape index (κ2) is 11.9. The molecule has 0 saturated heterocycles. The van der Waals surface area contributed by atoms with Crippen LogP contribution in [0.4, 0.5) is 0 Å². The first-order chi connectivity index (χ1) is 18.4. The number of halogens is 2. The van der Waals surface area contributed by atoms with Crippen molar-refractivity contribution >= 4 is 28.5 Å². The monoisotopic (exact) mass is 728 g/mol. The number of benzene rings is 4. The Morgan fingerprint density at radius 1 is 0.564 bits per heavy atom. The van der Waals surface area contributed by atoms with E-state index in [-0.39, 0.29) is 24.8 Å². The van der Waals surface area contributed by atoms with Crippen LogP contribution in [0.5, 0.6) is 0 Å². The van der Waals surface area contributed by atoms with Crippen molar-refractivity contribution in [1.82, 2.24) is 0 Å². The summed E-state index contributed by atoms with van der Waals surface area (Å²) in [5.41, 5.74) is 5.98. The maximum atomic E-state index is 2.63. The average molecular weight is 728 g/mol. The minimum absolute atomic E-state index is 0. The van der Waals surface area contributed by atoms with Crippen LogP contribution in [-0.2, 0) is 19.1 Å². The van der Waals surface area contributed by atoms with Crippen molar-refractivity contribution in [2.75, 3.05) is 0 Å². The molecule has 39 heavy (non-hydrogen) atoms. The van der Waals surface area contributed by atoms with E-state index in [1.165, 1.54) is 11.1 Å². The summed E-state index contributed by atoms with van der Waals surface area (Å²) in [7, 11) is 0. The van der Waals surface area contributed by atoms with Gasteiger partial charge in [-0.3, -0.25) is 0 Å². The van der Waals surface area contributed by atoms with Crippen molar-refractivity contribution in [1.29, 1.82) is 0 Å². The Morgan fingerprint density at radius 3 is 1.49 bits per heavy atom. The van der Waals surface area contributed by atoms with E-state index in [0.717, 1.165) is 6.42 Å². The molecule has 0 fully saturated rings. The summed E-state index contributed by atoms with van der Waals surface area (Å²) in [6.45, 7) is 0. The average Bonchev–Trinajstić information content (AvgIpc) is 3.74. The SMILES string of the molecule is C1=CC[C]([Hf+2]([CH]2C=Cc3ccccc32)([CH]2C=Cc3ccccc32)[SiH](c2ccccc2)c2ccccc2)=C1.[Cl-].[Cl-]. The number of fused-ring (bicyclic) bond motifs is 2. The molecule has 0 saturated carbocycles. The summed E-state index contributed by atoms with van der Waals surface area (Å²) in [6.07, 6.45) is 18.6. The number of rotatable bonds is 6. The molecule has 3 aliphatic rings. The van der Waals surface area contributed by atoms with E-state index >= 15 is 0 Å². The second-order valence-electron chi connectivity index (χ2n) is 10.4. The molecule has 4 heteroatoms. The molecule has 192 valence electrons. The smallest absolute Gasteiger partial charge is 1.00 e. The molecule has 4 aromatic carbocycles. The van der Waals surface area contributed by atoms with Crippen molar-refractivity contribution < 1.29 is 44.0 Å². The molecule has 0 bridgehead atoms. The number of hydrogen-bond donors (Lipinski definition) is 0. The Morgan fingerprint density at radius 2 is 1.03 bits per heavy atom. The molecule has 0 radical (unpaired) electrons. The molecule has 0 amide bonds. The van der Waals surface area contributed by atoms with Crippen LogP contribution in [0.15, 0.2) is 143 Å². The van der Waals surface area contributed by atoms with E-state index in [9.17, 15) is 0 Å². The first kappa shape index (κ1) is 28.1. The molecule has 4 aromatic rings. The van der Waals surface area contributed by atoms with Crippen LogP contribution >= 0.6 is 0 Å². The maximum Gasteiger partial charge on any atom is -1.00 e. The zero-order chi connectivity index (χ0) is 24.7. The summed E-state index contributed by atoms with van der Waals surface area (Å²) >= 11 is -3.70. The van der Waals surface area contributed by atoms with Gasteiger partial charge in [-0.1, -0.05) is 0 Å². The zero-order valence-corrected chi connectivity index (χ0v) is 27.9. The van der Waals surface area contributed by atoms with Crippen LogP contribution < -0.4 is 35.2 Å². The van der Waals surface area contributed by atoms with Crippen molar-refractivity contribution in [3.05, 3.63) is 165 Å². The van der Waals surface area contributed by atoms with Crippen LogP contribution in [0.3, 0.4) is 0 Å². The van der Waals surface area contributed by atoms with Crippen LogP contribution in [0, 0.1) is 0 Å². The predicted molar refractivity (Wildman–Crippen MR) is 158 cm³/mol. The molecule has 0 aromatic heterocycles. The third-order valence-corrected chi connectivity index (χ3v) is 54.5. The molecule has 2 unspecified atom stereocenters. The Kier molecular flexibility index (Phi) is 8.59. The fourth-order valence-corrected chi connectivity index (χ4v) is 61.3. The molecule has 0 heterocycles. The first-order valence-corrected chi connectivity index (χ1v) is 27.3. The van der Waals surface area contributed by atoms with Crippen LogP contribution in [0.2, 0.25) is 0 Å². The van der Waals surface area contributed by atoms with Crippen molar-refractivity contribution in [3.8, 4) is 0 Å². The van der Waals surface area contributed by atoms with Gasteiger partial charge in [0.25, 0.3) is 0 Å². The third kappa shape index (κ3) is 4.66. The number of allylic oxidation sites excluding steroid dienone is 6. The summed E-state index contributed by atoms with van der Waals surface area (Å²) < 4.78 is 2.84. The van der Waals surface area contributed by atoms with Gasteiger partial charge in [-0.15, -0.1) is 0 Å². The van der Waals surface area contributed by atoms with Crippen molar-refractivity contribution in [2.45, 2.75) is 13.8 Å². The fourth-order valence-electron chi connectivity index (χ4n) is 7.27. The second-order valence-corrected chi connectivity index (χ2v) is 40.2. The molecule has 3 aliphatic carbocycles. The topological polar surface area (TPSA) is 0 Å². The fraction of sp³-hybridized carbons (Fsp3) is 0.0857. The van der Waals surface area contributed by atoms with Gasteiger partial charge in [0.05, 0.1) is 0 Å². The van der Waals surface area contributed by atoms with Gasteiger partial charge in [-0.05, 0) is 0 Å². The minimum atomic E-state index is -3.70. The predicted octanol–water partition coefficient (Wildman–Crippen LogP) is 1.07. The van der Waals surface area contributed by atoms with Crippen molar-refractivity contribution in [3.63, 3.8) is 0 Å². The molecule has 0 N–H and O–H groups in total. The molecular formula is C35H30Cl2HfSi. The van der Waals surface area contributed by atoms with Gasteiger partial charge in [-0.25, -0.2) is 0 Å². The van der Waals surface area contributed by atoms with E-state index in [1.807, 2.05) is 0 Å². The van der Waals surface area contributed by atoms with E-state index < -0.39 is 25.1 Å². The van der Waals surface area contributed by atoms with E-state index in [2.05, 4.69) is 152 Å². The third-order valence-electron chi connectivity index (χ3n) is 8.70. The van der Waals surface area contributed by atoms with Crippen LogP contribution in [0.1, 0.15) is 36.0 Å². The standard InChI is InChI=1S/C12H11Si.2C9H7.C5H5.2ClH.Hf/c1-3-7-11(8-4-1)13-12-9-5-2-6-10-12;2*1-2-5-9-7-3-6-8(9)4-1;1-2-4-5-3-1;;;/h1-10,13H;2*1-7H;1-3H,4H2;2*1H;/q;;;;;;+2/p-2. The van der Waals surface area contributed by atoms with Crippen LogP contribution in [-0.4, -0.2) is 5.98 Å². The van der Waals surface area contributed by atoms with Gasteiger partial charge in [0.15, 0.2) is 0 Å². The molecule has 0 aliphatic heterocycles. The Bertz CT molecular complexity index is 1470. The van der Waals surface area contributed by atoms with Gasteiger partial charge in [0, 0.05) is 0 Å². The molecule has 0 nitrogen and oxygen atoms in total. The zero-order valence-electron chi connectivity index (χ0n) is 21.6. The van der Waals surface area contributed by atoms with Gasteiger partial charge >= 0.3 is 227 Å².